The fourth-order valence-corrected chi connectivity index (χ4v) is 4.51. The molecule has 0 bridgehead atoms. The summed E-state index contributed by atoms with van der Waals surface area (Å²) in [6.45, 7) is 0.0276. The third-order valence-corrected chi connectivity index (χ3v) is 6.22. The van der Waals surface area contributed by atoms with E-state index in [1.165, 1.54) is 23.4 Å². The smallest absolute Gasteiger partial charge is 0.336 e. The molecule has 0 atom stereocenters. The monoisotopic (exact) mass is 399 g/mol. The van der Waals surface area contributed by atoms with Gasteiger partial charge in [-0.1, -0.05) is 12.1 Å². The summed E-state index contributed by atoms with van der Waals surface area (Å²) >= 11 is 0. The van der Waals surface area contributed by atoms with Crippen LogP contribution >= 0.6 is 0 Å². The fourth-order valence-electron chi connectivity index (χ4n) is 2.87. The first-order valence-corrected chi connectivity index (χ1v) is 9.51. The van der Waals surface area contributed by atoms with Crippen molar-refractivity contribution in [3.05, 3.63) is 59.9 Å². The minimum Gasteiger partial charge on any atom is -0.336 e. The Labute approximate surface area is 154 Å². The molecule has 3 rings (SSSR count). The van der Waals surface area contributed by atoms with Gasteiger partial charge in [0.25, 0.3) is 5.91 Å². The minimum absolute atomic E-state index is 0.0780. The van der Waals surface area contributed by atoms with Crippen LogP contribution in [0, 0.1) is 0 Å². The molecular formula is C17H16F3N3O3S. The van der Waals surface area contributed by atoms with Crippen LogP contribution in [0.15, 0.2) is 53.7 Å². The van der Waals surface area contributed by atoms with Gasteiger partial charge in [-0.2, -0.15) is 17.5 Å². The number of nitrogens with zero attached hydrogens (tertiary/aromatic N) is 3. The zero-order chi connectivity index (χ0) is 19.7. The largest absolute Gasteiger partial charge is 0.417 e. The van der Waals surface area contributed by atoms with Crippen LogP contribution in [-0.2, 0) is 16.2 Å². The van der Waals surface area contributed by atoms with Gasteiger partial charge in [0, 0.05) is 44.1 Å². The third-order valence-electron chi connectivity index (χ3n) is 4.26. The van der Waals surface area contributed by atoms with Crippen molar-refractivity contribution in [1.82, 2.24) is 14.2 Å². The van der Waals surface area contributed by atoms with Crippen LogP contribution in [0.1, 0.15) is 15.9 Å². The molecule has 0 aliphatic carbocycles. The van der Waals surface area contributed by atoms with Gasteiger partial charge in [0.15, 0.2) is 0 Å². The lowest BCUT2D eigenvalue weighted by atomic mass is 10.2. The maximum absolute atomic E-state index is 13.2. The van der Waals surface area contributed by atoms with Gasteiger partial charge in [0.1, 0.15) is 0 Å². The standard InChI is InChI=1S/C17H16F3N3O3S/c18-17(19,20)14-3-1-2-4-15(14)27(25,26)23-11-9-22(10-12-23)16(24)13-5-7-21-8-6-13/h1-8H,9-12H2. The number of piperazine rings is 1. The van der Waals surface area contributed by atoms with E-state index in [4.69, 9.17) is 0 Å². The summed E-state index contributed by atoms with van der Waals surface area (Å²) in [6, 6.07) is 7.19. The fraction of sp³-hybridized carbons (Fsp3) is 0.294. The summed E-state index contributed by atoms with van der Waals surface area (Å²) in [5.74, 6) is -0.273. The zero-order valence-corrected chi connectivity index (χ0v) is 14.9. The first-order valence-electron chi connectivity index (χ1n) is 8.07. The van der Waals surface area contributed by atoms with E-state index in [-0.39, 0.29) is 32.1 Å². The molecule has 1 aliphatic heterocycles. The lowest BCUT2D eigenvalue weighted by molar-refractivity contribution is -0.139. The molecule has 1 saturated heterocycles. The molecule has 2 heterocycles. The Hall–Kier alpha value is -2.46. The van der Waals surface area contributed by atoms with Crippen molar-refractivity contribution in [1.29, 1.82) is 0 Å². The van der Waals surface area contributed by atoms with E-state index in [0.717, 1.165) is 22.5 Å². The van der Waals surface area contributed by atoms with Gasteiger partial charge in [0.05, 0.1) is 10.5 Å². The highest BCUT2D eigenvalue weighted by Crippen LogP contribution is 2.35. The molecule has 2 aromatic rings. The lowest BCUT2D eigenvalue weighted by Crippen LogP contribution is -2.50. The van der Waals surface area contributed by atoms with Gasteiger partial charge in [0.2, 0.25) is 10.0 Å². The van der Waals surface area contributed by atoms with E-state index < -0.39 is 26.7 Å². The van der Waals surface area contributed by atoms with Gasteiger partial charge >= 0.3 is 6.18 Å². The van der Waals surface area contributed by atoms with Crippen molar-refractivity contribution in [2.45, 2.75) is 11.1 Å². The van der Waals surface area contributed by atoms with Crippen molar-refractivity contribution in [2.75, 3.05) is 26.2 Å². The summed E-state index contributed by atoms with van der Waals surface area (Å²) in [5.41, 5.74) is -0.774. The van der Waals surface area contributed by atoms with E-state index in [9.17, 15) is 26.4 Å². The van der Waals surface area contributed by atoms with Crippen LogP contribution in [0.2, 0.25) is 0 Å². The molecular weight excluding hydrogens is 383 g/mol. The molecule has 144 valence electrons. The molecule has 0 spiro atoms. The predicted molar refractivity (Wildman–Crippen MR) is 90.3 cm³/mol. The molecule has 1 fully saturated rings. The number of rotatable bonds is 3. The van der Waals surface area contributed by atoms with E-state index in [1.807, 2.05) is 0 Å². The van der Waals surface area contributed by atoms with Crippen LogP contribution in [-0.4, -0.2) is 54.7 Å². The van der Waals surface area contributed by atoms with E-state index in [1.54, 1.807) is 12.1 Å². The zero-order valence-electron chi connectivity index (χ0n) is 14.1. The number of pyridine rings is 1. The van der Waals surface area contributed by atoms with Gasteiger partial charge in [-0.25, -0.2) is 8.42 Å². The van der Waals surface area contributed by atoms with Crippen molar-refractivity contribution in [3.8, 4) is 0 Å². The lowest BCUT2D eigenvalue weighted by Gasteiger charge is -2.34. The second-order valence-electron chi connectivity index (χ2n) is 5.93. The Bertz CT molecular complexity index is 925. The Morgan fingerprint density at radius 1 is 0.963 bits per heavy atom. The van der Waals surface area contributed by atoms with Gasteiger partial charge < -0.3 is 4.90 Å². The highest BCUT2D eigenvalue weighted by atomic mass is 32.2. The van der Waals surface area contributed by atoms with Crippen LogP contribution in [0.5, 0.6) is 0 Å². The average molecular weight is 399 g/mol. The van der Waals surface area contributed by atoms with Gasteiger partial charge in [-0.3, -0.25) is 9.78 Å². The number of carbonyl (C=O) groups excluding carboxylic acids is 1. The highest BCUT2D eigenvalue weighted by Gasteiger charge is 2.39. The molecule has 6 nitrogen and oxygen atoms in total. The van der Waals surface area contributed by atoms with Gasteiger partial charge in [-0.15, -0.1) is 0 Å². The number of hydrogen-bond acceptors (Lipinski definition) is 4. The Morgan fingerprint density at radius 2 is 1.56 bits per heavy atom. The molecule has 0 N–H and O–H groups in total. The molecule has 1 aromatic carbocycles. The molecule has 0 saturated carbocycles. The highest BCUT2D eigenvalue weighted by molar-refractivity contribution is 7.89. The topological polar surface area (TPSA) is 70.6 Å². The number of hydrogen-bond donors (Lipinski definition) is 0. The quantitative estimate of drug-likeness (QED) is 0.794. The average Bonchev–Trinajstić information content (AvgIpc) is 2.67. The van der Waals surface area contributed by atoms with Crippen LogP contribution in [0.4, 0.5) is 13.2 Å². The number of benzene rings is 1. The molecule has 0 radical (unpaired) electrons. The number of sulfonamides is 1. The summed E-state index contributed by atoms with van der Waals surface area (Å²) in [7, 11) is -4.32. The summed E-state index contributed by atoms with van der Waals surface area (Å²) in [5, 5.41) is 0. The first-order chi connectivity index (χ1) is 12.7. The summed E-state index contributed by atoms with van der Waals surface area (Å²) in [4.78, 5) is 16.9. The molecule has 27 heavy (non-hydrogen) atoms. The Morgan fingerprint density at radius 3 is 2.15 bits per heavy atom. The normalized spacial score (nSPS) is 16.3. The molecule has 1 aliphatic rings. The second kappa shape index (κ2) is 7.28. The SMILES string of the molecule is O=C(c1ccncc1)N1CCN(S(=O)(=O)c2ccccc2C(F)(F)F)CC1. The van der Waals surface area contributed by atoms with Crippen LogP contribution < -0.4 is 0 Å². The van der Waals surface area contributed by atoms with Crippen LogP contribution in [0.25, 0.3) is 0 Å². The predicted octanol–water partition coefficient (Wildman–Crippen LogP) is 2.25. The van der Waals surface area contributed by atoms with Crippen molar-refractivity contribution >= 4 is 15.9 Å². The van der Waals surface area contributed by atoms with Gasteiger partial charge in [-0.05, 0) is 24.3 Å². The minimum atomic E-state index is -4.78. The number of carbonyl (C=O) groups is 1. The Kier molecular flexibility index (Phi) is 5.20. The molecule has 10 heteroatoms. The second-order valence-corrected chi connectivity index (χ2v) is 7.83. The van der Waals surface area contributed by atoms with E-state index in [0.29, 0.717) is 5.56 Å². The van der Waals surface area contributed by atoms with Crippen molar-refractivity contribution in [3.63, 3.8) is 0 Å². The summed E-state index contributed by atoms with van der Waals surface area (Å²) < 4.78 is 65.9. The van der Waals surface area contributed by atoms with Crippen molar-refractivity contribution in [2.24, 2.45) is 0 Å². The number of alkyl halides is 3. The molecule has 0 unspecified atom stereocenters. The third kappa shape index (κ3) is 3.96. The number of halogens is 3. The van der Waals surface area contributed by atoms with Crippen LogP contribution in [0.3, 0.4) is 0 Å². The van der Waals surface area contributed by atoms with E-state index in [2.05, 4.69) is 4.98 Å². The number of amides is 1. The molecule has 1 aromatic heterocycles. The first kappa shape index (κ1) is 19.3. The number of aromatic nitrogens is 1. The molecule has 1 amide bonds. The summed E-state index contributed by atoms with van der Waals surface area (Å²) in [6.07, 6.45) is -1.83. The maximum Gasteiger partial charge on any atom is 0.417 e. The Balaban J connectivity index is 1.77. The van der Waals surface area contributed by atoms with Crippen molar-refractivity contribution < 1.29 is 26.4 Å². The van der Waals surface area contributed by atoms with E-state index >= 15 is 0 Å². The maximum atomic E-state index is 13.2.